The van der Waals surface area contributed by atoms with Gasteiger partial charge in [0.25, 0.3) is 0 Å². The molecular formula is C17H21BSiZr. The van der Waals surface area contributed by atoms with Crippen molar-refractivity contribution in [2.45, 2.75) is 19.6 Å². The zero-order chi connectivity index (χ0) is 14.0. The first kappa shape index (κ1) is 19.2. The molecular weight excluding hydrogens is 334 g/mol. The molecule has 0 atom stereocenters. The molecule has 20 heavy (non-hydrogen) atoms. The summed E-state index contributed by atoms with van der Waals surface area (Å²) in [6.45, 7) is 6.80. The average molecular weight is 355 g/mol. The third-order valence-electron chi connectivity index (χ3n) is 2.25. The molecule has 100 valence electrons. The molecule has 2 aromatic rings. The van der Waals surface area contributed by atoms with Crippen LogP contribution in [0.15, 0.2) is 72.6 Å². The van der Waals surface area contributed by atoms with Crippen LogP contribution in [0.3, 0.4) is 0 Å². The van der Waals surface area contributed by atoms with Gasteiger partial charge in [0.1, 0.15) is 8.07 Å². The third-order valence-corrected chi connectivity index (χ3v) is 3.15. The van der Waals surface area contributed by atoms with Crippen LogP contribution in [0.4, 0.5) is 0 Å². The Balaban J connectivity index is 0.000000387. The Morgan fingerprint density at radius 3 is 1.80 bits per heavy atom. The second-order valence-electron chi connectivity index (χ2n) is 5.35. The van der Waals surface area contributed by atoms with Crippen molar-refractivity contribution in [3.8, 4) is 11.4 Å². The van der Waals surface area contributed by atoms with Gasteiger partial charge in [0.05, 0.1) is 0 Å². The van der Waals surface area contributed by atoms with Gasteiger partial charge in [-0.1, -0.05) is 25.7 Å². The van der Waals surface area contributed by atoms with Crippen LogP contribution in [-0.2, 0) is 26.2 Å². The zero-order valence-corrected chi connectivity index (χ0v) is 16.0. The molecule has 0 spiro atoms. The van der Waals surface area contributed by atoms with Crippen LogP contribution in [0.2, 0.25) is 19.6 Å². The van der Waals surface area contributed by atoms with Gasteiger partial charge in [-0.15, -0.1) is 12.1 Å². The van der Waals surface area contributed by atoms with Crippen molar-refractivity contribution < 1.29 is 26.2 Å². The standard InChI is InChI=1S/C10H14BSi.C7H7.Zr/c1-12(2,3)10-9-11-7-5-4-6-8-11;1-2-4-6-7-5-3-1;/h4-8H,1-3H3;1-7H;/q-1;+1;. The van der Waals surface area contributed by atoms with Crippen LogP contribution < -0.4 is 0 Å². The Labute approximate surface area is 143 Å². The summed E-state index contributed by atoms with van der Waals surface area (Å²) in [5, 5.41) is 0. The predicted octanol–water partition coefficient (Wildman–Crippen LogP) is 4.36. The van der Waals surface area contributed by atoms with Crippen molar-refractivity contribution in [3.05, 3.63) is 72.6 Å². The maximum atomic E-state index is 3.36. The quantitative estimate of drug-likeness (QED) is 0.374. The summed E-state index contributed by atoms with van der Waals surface area (Å²) in [7, 11) is -1.18. The molecule has 0 aliphatic rings. The maximum Gasteiger partial charge on any atom is 0.124 e. The zero-order valence-electron chi connectivity index (χ0n) is 12.5. The summed E-state index contributed by atoms with van der Waals surface area (Å²) >= 11 is 0. The van der Waals surface area contributed by atoms with E-state index in [1.807, 2.05) is 48.5 Å². The molecule has 0 unspecified atom stereocenters. The first-order valence-corrected chi connectivity index (χ1v) is 10.1. The molecule has 0 saturated carbocycles. The predicted molar refractivity (Wildman–Crippen MR) is 89.8 cm³/mol. The molecule has 0 aliphatic heterocycles. The van der Waals surface area contributed by atoms with E-state index in [0.29, 0.717) is 6.34 Å². The fourth-order valence-corrected chi connectivity index (χ4v) is 1.94. The molecule has 2 rings (SSSR count). The van der Waals surface area contributed by atoms with Crippen LogP contribution in [0.25, 0.3) is 0 Å². The van der Waals surface area contributed by atoms with Gasteiger partial charge >= 0.3 is 0 Å². The van der Waals surface area contributed by atoms with Crippen LogP contribution in [-0.4, -0.2) is 14.4 Å². The Bertz CT molecular complexity index is 493. The summed E-state index contributed by atoms with van der Waals surface area (Å²) in [4.78, 5) is 0. The van der Waals surface area contributed by atoms with Crippen LogP contribution in [0.5, 0.6) is 0 Å². The molecule has 1 aromatic heterocycles. The maximum absolute atomic E-state index is 3.36. The number of rotatable bonds is 0. The van der Waals surface area contributed by atoms with E-state index in [2.05, 4.69) is 55.1 Å². The Morgan fingerprint density at radius 2 is 1.30 bits per heavy atom. The molecule has 0 saturated heterocycles. The molecule has 1 aromatic carbocycles. The van der Waals surface area contributed by atoms with E-state index in [9.17, 15) is 0 Å². The molecule has 0 N–H and O–H groups in total. The van der Waals surface area contributed by atoms with Crippen molar-refractivity contribution in [2.24, 2.45) is 0 Å². The van der Waals surface area contributed by atoms with E-state index in [0.717, 1.165) is 0 Å². The fraction of sp³-hybridized carbons (Fsp3) is 0.176. The Morgan fingerprint density at radius 1 is 0.800 bits per heavy atom. The normalized spacial score (nSPS) is 8.95. The second kappa shape index (κ2) is 10.9. The van der Waals surface area contributed by atoms with Crippen molar-refractivity contribution in [1.29, 1.82) is 0 Å². The fourth-order valence-electron chi connectivity index (χ4n) is 1.34. The average Bonchev–Trinajstić information content (AvgIpc) is 2.70. The third kappa shape index (κ3) is 11.0. The van der Waals surface area contributed by atoms with Gasteiger partial charge in [0.2, 0.25) is 0 Å². The number of hydrogen-bond acceptors (Lipinski definition) is 0. The summed E-state index contributed by atoms with van der Waals surface area (Å²) in [5.41, 5.74) is 3.36. The van der Waals surface area contributed by atoms with E-state index in [-0.39, 0.29) is 26.2 Å². The molecule has 3 heteroatoms. The van der Waals surface area contributed by atoms with Crippen LogP contribution in [0, 0.1) is 11.4 Å². The summed E-state index contributed by atoms with van der Waals surface area (Å²) < 4.78 is 0. The van der Waals surface area contributed by atoms with E-state index in [1.165, 1.54) is 0 Å². The van der Waals surface area contributed by atoms with E-state index in [4.69, 9.17) is 0 Å². The molecule has 1 heterocycles. The molecule has 0 aliphatic carbocycles. The largest absolute Gasteiger partial charge is 0.337 e. The Kier molecular flexibility index (Phi) is 10.4. The van der Waals surface area contributed by atoms with Crippen molar-refractivity contribution >= 4 is 14.4 Å². The van der Waals surface area contributed by atoms with E-state index < -0.39 is 8.07 Å². The van der Waals surface area contributed by atoms with Gasteiger partial charge in [-0.3, -0.25) is 0 Å². The Hall–Kier alpha value is -0.835. The minimum Gasteiger partial charge on any atom is -0.337 e. The molecule has 0 radical (unpaired) electrons. The first-order valence-electron chi connectivity index (χ1n) is 6.62. The monoisotopic (exact) mass is 354 g/mol. The summed E-state index contributed by atoms with van der Waals surface area (Å²) in [5.74, 6) is 7.54. The molecule has 0 nitrogen and oxygen atoms in total. The first-order chi connectivity index (χ1) is 9.08. The summed E-state index contributed by atoms with van der Waals surface area (Å²) in [6.07, 6.45) is 0.349. The SMILES string of the molecule is C[Si](C)(C)C#C[b-]1ccccc1.[Zr].c1ccc[cH+]cc1. The van der Waals surface area contributed by atoms with Gasteiger partial charge in [-0.25, -0.2) is 11.9 Å². The van der Waals surface area contributed by atoms with Gasteiger partial charge in [-0.05, 0) is 6.34 Å². The van der Waals surface area contributed by atoms with E-state index >= 15 is 0 Å². The van der Waals surface area contributed by atoms with Gasteiger partial charge < -0.3 is 5.82 Å². The smallest absolute Gasteiger partial charge is 0.124 e. The van der Waals surface area contributed by atoms with Crippen molar-refractivity contribution in [2.75, 3.05) is 0 Å². The second-order valence-corrected chi connectivity index (χ2v) is 10.1. The molecule has 0 amide bonds. The molecule has 0 fully saturated rings. The van der Waals surface area contributed by atoms with Crippen LogP contribution in [0.1, 0.15) is 0 Å². The topological polar surface area (TPSA) is 0 Å². The van der Waals surface area contributed by atoms with Gasteiger partial charge in [0, 0.05) is 68.7 Å². The summed E-state index contributed by atoms with van der Waals surface area (Å²) in [6, 6.07) is 20.2. The van der Waals surface area contributed by atoms with Crippen LogP contribution >= 0.6 is 0 Å². The minimum absolute atomic E-state index is 0. The van der Waals surface area contributed by atoms with Crippen molar-refractivity contribution in [3.63, 3.8) is 0 Å². The number of hydrogen-bond donors (Lipinski definition) is 0. The molecule has 0 bridgehead atoms. The van der Waals surface area contributed by atoms with Gasteiger partial charge in [-0.2, -0.15) is 5.54 Å². The van der Waals surface area contributed by atoms with Crippen molar-refractivity contribution in [1.82, 2.24) is 0 Å². The minimum atomic E-state index is -1.18. The van der Waals surface area contributed by atoms with Gasteiger partial charge in [0.15, 0.2) is 0 Å². The van der Waals surface area contributed by atoms with E-state index in [1.54, 1.807) is 0 Å².